The van der Waals surface area contributed by atoms with Crippen LogP contribution in [0.5, 0.6) is 0 Å². The summed E-state index contributed by atoms with van der Waals surface area (Å²) in [6.07, 6.45) is 2.70. The molecule has 96 valence electrons. The van der Waals surface area contributed by atoms with Gasteiger partial charge in [0, 0.05) is 30.0 Å². The van der Waals surface area contributed by atoms with Gasteiger partial charge >= 0.3 is 0 Å². The minimum atomic E-state index is 0.247. The van der Waals surface area contributed by atoms with Crippen molar-refractivity contribution in [2.45, 2.75) is 25.0 Å². The van der Waals surface area contributed by atoms with E-state index in [1.165, 1.54) is 11.3 Å². The Morgan fingerprint density at radius 1 is 1.71 bits per heavy atom. The molecule has 2 unspecified atom stereocenters. The molecule has 0 aromatic carbocycles. The summed E-state index contributed by atoms with van der Waals surface area (Å²) in [5.41, 5.74) is 5.87. The summed E-state index contributed by atoms with van der Waals surface area (Å²) in [5.74, 6) is 0. The number of likely N-dealkylation sites (N-methyl/N-ethyl adjacent to an activating group) is 1. The van der Waals surface area contributed by atoms with E-state index >= 15 is 0 Å². The third-order valence-electron chi connectivity index (χ3n) is 3.19. The van der Waals surface area contributed by atoms with E-state index in [4.69, 9.17) is 22.1 Å². The van der Waals surface area contributed by atoms with E-state index in [1.807, 2.05) is 11.4 Å². The third-order valence-corrected chi connectivity index (χ3v) is 4.57. The smallest absolute Gasteiger partial charge is 0.0702 e. The summed E-state index contributed by atoms with van der Waals surface area (Å²) < 4.78 is 5.65. The van der Waals surface area contributed by atoms with E-state index < -0.39 is 0 Å². The first-order chi connectivity index (χ1) is 8.20. The largest absolute Gasteiger partial charge is 0.377 e. The van der Waals surface area contributed by atoms with Gasteiger partial charge in [0.15, 0.2) is 0 Å². The average molecular weight is 275 g/mol. The van der Waals surface area contributed by atoms with Crippen LogP contribution in [-0.2, 0) is 4.74 Å². The predicted molar refractivity (Wildman–Crippen MR) is 72.7 cm³/mol. The summed E-state index contributed by atoms with van der Waals surface area (Å²) in [5, 5.41) is 2.76. The van der Waals surface area contributed by atoms with E-state index in [0.717, 1.165) is 24.6 Å². The van der Waals surface area contributed by atoms with Crippen LogP contribution in [0.1, 0.15) is 23.8 Å². The van der Waals surface area contributed by atoms with Crippen LogP contribution in [0.25, 0.3) is 0 Å². The molecule has 2 heterocycles. The fourth-order valence-electron chi connectivity index (χ4n) is 2.25. The zero-order valence-corrected chi connectivity index (χ0v) is 11.6. The van der Waals surface area contributed by atoms with Crippen LogP contribution in [-0.4, -0.2) is 37.7 Å². The number of halogens is 1. The van der Waals surface area contributed by atoms with Gasteiger partial charge in [0.1, 0.15) is 0 Å². The molecule has 1 aromatic heterocycles. The second kappa shape index (κ2) is 6.16. The molecule has 0 aliphatic carbocycles. The number of thiophene rings is 1. The minimum absolute atomic E-state index is 0.247. The zero-order chi connectivity index (χ0) is 12.3. The fraction of sp³-hybridized carbons (Fsp3) is 0.667. The number of hydrogen-bond acceptors (Lipinski definition) is 4. The lowest BCUT2D eigenvalue weighted by atomic mass is 10.1. The molecule has 2 N–H and O–H groups in total. The van der Waals surface area contributed by atoms with Crippen LogP contribution < -0.4 is 5.73 Å². The Morgan fingerprint density at radius 2 is 2.53 bits per heavy atom. The molecule has 2 rings (SSSR count). The Morgan fingerprint density at radius 3 is 3.06 bits per heavy atom. The molecule has 0 saturated carbocycles. The topological polar surface area (TPSA) is 38.5 Å². The van der Waals surface area contributed by atoms with Crippen molar-refractivity contribution in [3.05, 3.63) is 21.3 Å². The fourth-order valence-corrected chi connectivity index (χ4v) is 3.51. The monoisotopic (exact) mass is 274 g/mol. The lowest BCUT2D eigenvalue weighted by Crippen LogP contribution is -2.35. The molecule has 5 heteroatoms. The van der Waals surface area contributed by atoms with Gasteiger partial charge in [0.2, 0.25) is 0 Å². The first-order valence-electron chi connectivity index (χ1n) is 5.96. The lowest BCUT2D eigenvalue weighted by molar-refractivity contribution is 0.0694. The SMILES string of the molecule is CN(CC1CCCO1)C(CN)c1cc(Cl)cs1. The Balaban J connectivity index is 1.97. The number of hydrogen-bond donors (Lipinski definition) is 1. The van der Waals surface area contributed by atoms with Gasteiger partial charge in [-0.05, 0) is 26.0 Å². The van der Waals surface area contributed by atoms with Crippen molar-refractivity contribution in [1.29, 1.82) is 0 Å². The van der Waals surface area contributed by atoms with E-state index in [1.54, 1.807) is 11.3 Å². The standard InChI is InChI=1S/C12H19ClN2OS/c1-15(7-10-3-2-4-16-10)11(6-14)12-5-9(13)8-17-12/h5,8,10-11H,2-4,6-7,14H2,1H3. The van der Waals surface area contributed by atoms with E-state index in [-0.39, 0.29) is 6.04 Å². The van der Waals surface area contributed by atoms with Gasteiger partial charge in [-0.25, -0.2) is 0 Å². The molecule has 0 bridgehead atoms. The molecular weight excluding hydrogens is 256 g/mol. The van der Waals surface area contributed by atoms with Crippen LogP contribution in [0.15, 0.2) is 11.4 Å². The first-order valence-corrected chi connectivity index (χ1v) is 7.22. The van der Waals surface area contributed by atoms with Crippen molar-refractivity contribution < 1.29 is 4.74 Å². The van der Waals surface area contributed by atoms with E-state index in [9.17, 15) is 0 Å². The van der Waals surface area contributed by atoms with Crippen LogP contribution in [0.2, 0.25) is 5.02 Å². The normalized spacial score (nSPS) is 22.2. The predicted octanol–water partition coefficient (Wildman–Crippen LogP) is 2.51. The Bertz CT molecular complexity index is 352. The summed E-state index contributed by atoms with van der Waals surface area (Å²) in [6.45, 7) is 2.45. The molecular formula is C12H19ClN2OS. The maximum absolute atomic E-state index is 5.96. The van der Waals surface area contributed by atoms with Gasteiger partial charge in [-0.2, -0.15) is 0 Å². The molecule has 1 aliphatic heterocycles. The molecule has 1 fully saturated rings. The maximum Gasteiger partial charge on any atom is 0.0702 e. The molecule has 17 heavy (non-hydrogen) atoms. The summed E-state index contributed by atoms with van der Waals surface area (Å²) in [6, 6.07) is 2.26. The molecule has 1 aliphatic rings. The van der Waals surface area contributed by atoms with Crippen molar-refractivity contribution in [3.63, 3.8) is 0 Å². The number of nitrogens with two attached hydrogens (primary N) is 1. The molecule has 0 radical (unpaired) electrons. The van der Waals surface area contributed by atoms with Crippen molar-refractivity contribution in [2.75, 3.05) is 26.7 Å². The minimum Gasteiger partial charge on any atom is -0.377 e. The van der Waals surface area contributed by atoms with Crippen LogP contribution in [0.4, 0.5) is 0 Å². The molecule has 3 nitrogen and oxygen atoms in total. The van der Waals surface area contributed by atoms with Gasteiger partial charge < -0.3 is 10.5 Å². The van der Waals surface area contributed by atoms with Crippen LogP contribution in [0, 0.1) is 0 Å². The number of rotatable bonds is 5. The molecule has 0 amide bonds. The Labute approximate surface area is 112 Å². The highest BCUT2D eigenvalue weighted by atomic mass is 35.5. The molecule has 1 saturated heterocycles. The van der Waals surface area contributed by atoms with Crippen LogP contribution >= 0.6 is 22.9 Å². The Kier molecular flexibility index (Phi) is 4.82. The average Bonchev–Trinajstić information content (AvgIpc) is 2.91. The maximum atomic E-state index is 5.96. The summed E-state index contributed by atoms with van der Waals surface area (Å²) in [7, 11) is 2.10. The van der Waals surface area contributed by atoms with Gasteiger partial charge in [0.25, 0.3) is 0 Å². The highest BCUT2D eigenvalue weighted by Crippen LogP contribution is 2.28. The van der Waals surface area contributed by atoms with Gasteiger partial charge in [0.05, 0.1) is 17.2 Å². The van der Waals surface area contributed by atoms with Crippen molar-refractivity contribution in [2.24, 2.45) is 5.73 Å². The molecule has 0 spiro atoms. The zero-order valence-electron chi connectivity index (χ0n) is 10.1. The van der Waals surface area contributed by atoms with Gasteiger partial charge in [-0.3, -0.25) is 4.90 Å². The second-order valence-corrected chi connectivity index (χ2v) is 5.87. The van der Waals surface area contributed by atoms with Crippen LogP contribution in [0.3, 0.4) is 0 Å². The number of nitrogens with zero attached hydrogens (tertiary/aromatic N) is 1. The van der Waals surface area contributed by atoms with Crippen molar-refractivity contribution in [1.82, 2.24) is 4.90 Å². The summed E-state index contributed by atoms with van der Waals surface area (Å²) in [4.78, 5) is 3.51. The molecule has 2 atom stereocenters. The van der Waals surface area contributed by atoms with E-state index in [0.29, 0.717) is 12.6 Å². The molecule has 1 aromatic rings. The number of ether oxygens (including phenoxy) is 1. The van der Waals surface area contributed by atoms with Gasteiger partial charge in [-0.1, -0.05) is 11.6 Å². The lowest BCUT2D eigenvalue weighted by Gasteiger charge is -2.28. The highest BCUT2D eigenvalue weighted by Gasteiger charge is 2.23. The third kappa shape index (κ3) is 3.42. The van der Waals surface area contributed by atoms with Crippen molar-refractivity contribution in [3.8, 4) is 0 Å². The quantitative estimate of drug-likeness (QED) is 0.897. The van der Waals surface area contributed by atoms with E-state index in [2.05, 4.69) is 11.9 Å². The second-order valence-electron chi connectivity index (χ2n) is 4.49. The highest BCUT2D eigenvalue weighted by molar-refractivity contribution is 7.10. The Hall–Kier alpha value is -0.130. The first kappa shape index (κ1) is 13.3. The van der Waals surface area contributed by atoms with Crippen molar-refractivity contribution >= 4 is 22.9 Å². The van der Waals surface area contributed by atoms with Gasteiger partial charge in [-0.15, -0.1) is 11.3 Å². The summed E-state index contributed by atoms with van der Waals surface area (Å²) >= 11 is 7.64.